The first-order valence-corrected chi connectivity index (χ1v) is 8.97. The molecule has 28 heavy (non-hydrogen) atoms. The van der Waals surface area contributed by atoms with Crippen LogP contribution in [0.4, 0.5) is 18.9 Å². The minimum atomic E-state index is -4.50. The van der Waals surface area contributed by atoms with E-state index in [0.29, 0.717) is 36.7 Å². The molecule has 1 aliphatic carbocycles. The van der Waals surface area contributed by atoms with Crippen LogP contribution in [0.2, 0.25) is 0 Å². The lowest BCUT2D eigenvalue weighted by molar-refractivity contribution is -0.137. The van der Waals surface area contributed by atoms with Crippen molar-refractivity contribution in [2.24, 2.45) is 11.7 Å². The topological polar surface area (TPSA) is 73.6 Å². The van der Waals surface area contributed by atoms with Crippen LogP contribution in [0.1, 0.15) is 29.0 Å². The van der Waals surface area contributed by atoms with Gasteiger partial charge in [-0.2, -0.15) is 13.2 Å². The van der Waals surface area contributed by atoms with Crippen LogP contribution in [0.15, 0.2) is 36.4 Å². The number of halogens is 3. The molecule has 2 aromatic carbocycles. The third kappa shape index (κ3) is 3.77. The summed E-state index contributed by atoms with van der Waals surface area (Å²) in [6, 6.07) is 8.96. The molecular weight excluding hydrogens is 373 g/mol. The van der Waals surface area contributed by atoms with E-state index in [4.69, 9.17) is 15.2 Å². The van der Waals surface area contributed by atoms with Gasteiger partial charge in [0.15, 0.2) is 11.5 Å². The van der Waals surface area contributed by atoms with E-state index >= 15 is 0 Å². The monoisotopic (exact) mass is 392 g/mol. The molecular formula is C20H19F3N2O3. The molecule has 2 aromatic rings. The number of alkyl halides is 3. The van der Waals surface area contributed by atoms with Crippen LogP contribution in [0.3, 0.4) is 0 Å². The summed E-state index contributed by atoms with van der Waals surface area (Å²) in [6.45, 7) is 0.933. The fraction of sp³-hybridized carbons (Fsp3) is 0.350. The zero-order valence-electron chi connectivity index (χ0n) is 14.9. The first kappa shape index (κ1) is 18.6. The summed E-state index contributed by atoms with van der Waals surface area (Å²) in [5, 5.41) is 2.60. The molecule has 2 unspecified atom stereocenters. The molecule has 1 amide bonds. The summed E-state index contributed by atoms with van der Waals surface area (Å²) in [7, 11) is 0. The molecule has 2 atom stereocenters. The average molecular weight is 392 g/mol. The van der Waals surface area contributed by atoms with Crippen molar-refractivity contribution in [3.8, 4) is 11.5 Å². The zero-order chi connectivity index (χ0) is 19.9. The number of carbonyl (C=O) groups excluding carboxylic acids is 1. The number of carbonyl (C=O) groups is 1. The Kier molecular flexibility index (Phi) is 4.66. The van der Waals surface area contributed by atoms with Crippen LogP contribution in [0.25, 0.3) is 0 Å². The van der Waals surface area contributed by atoms with Crippen molar-refractivity contribution in [3.63, 3.8) is 0 Å². The van der Waals surface area contributed by atoms with Gasteiger partial charge in [-0.1, -0.05) is 6.07 Å². The minimum absolute atomic E-state index is 0.00982. The van der Waals surface area contributed by atoms with E-state index in [1.165, 1.54) is 6.07 Å². The average Bonchev–Trinajstić information content (AvgIpc) is 3.47. The summed E-state index contributed by atoms with van der Waals surface area (Å²) in [5.74, 6) is 0.742. The number of anilines is 1. The van der Waals surface area contributed by atoms with Gasteiger partial charge >= 0.3 is 6.18 Å². The minimum Gasteiger partial charge on any atom is -0.486 e. The number of nitrogens with two attached hydrogens (primary N) is 1. The van der Waals surface area contributed by atoms with Gasteiger partial charge in [0.05, 0.1) is 5.56 Å². The summed E-state index contributed by atoms with van der Waals surface area (Å²) in [4.78, 5) is 12.5. The highest BCUT2D eigenvalue weighted by Crippen LogP contribution is 2.50. The van der Waals surface area contributed by atoms with E-state index in [-0.39, 0.29) is 30.0 Å². The number of hydrogen-bond acceptors (Lipinski definition) is 4. The number of hydrogen-bond donors (Lipinski definition) is 2. The molecule has 0 saturated heterocycles. The number of amides is 1. The quantitative estimate of drug-likeness (QED) is 0.833. The van der Waals surface area contributed by atoms with Crippen molar-refractivity contribution in [3.05, 3.63) is 53.1 Å². The maximum atomic E-state index is 13.0. The molecule has 1 heterocycles. The highest BCUT2D eigenvalue weighted by molar-refractivity contribution is 5.95. The molecule has 1 aliphatic heterocycles. The second kappa shape index (κ2) is 7.01. The molecule has 0 bridgehead atoms. The molecule has 0 spiro atoms. The molecule has 0 radical (unpaired) electrons. The fourth-order valence-electron chi connectivity index (χ4n) is 3.42. The molecule has 8 heteroatoms. The normalized spacial score (nSPS) is 20.6. The Morgan fingerprint density at radius 1 is 1.11 bits per heavy atom. The Labute approximate surface area is 159 Å². The van der Waals surface area contributed by atoms with E-state index in [1.807, 2.05) is 18.2 Å². The van der Waals surface area contributed by atoms with Gasteiger partial charge in [0, 0.05) is 18.2 Å². The summed E-state index contributed by atoms with van der Waals surface area (Å²) in [6.07, 6.45) is -3.87. The van der Waals surface area contributed by atoms with Crippen molar-refractivity contribution in [2.75, 3.05) is 18.5 Å². The predicted octanol–water partition coefficient (Wildman–Crippen LogP) is 3.68. The fourth-order valence-corrected chi connectivity index (χ4v) is 3.42. The number of rotatable bonds is 4. The van der Waals surface area contributed by atoms with Crippen molar-refractivity contribution in [1.82, 2.24) is 0 Å². The molecule has 3 N–H and O–H groups in total. The van der Waals surface area contributed by atoms with Crippen LogP contribution in [-0.2, 0) is 17.5 Å². The third-order valence-electron chi connectivity index (χ3n) is 4.94. The maximum absolute atomic E-state index is 13.0. The largest absolute Gasteiger partial charge is 0.486 e. The van der Waals surface area contributed by atoms with Crippen molar-refractivity contribution < 1.29 is 27.4 Å². The molecule has 148 valence electrons. The van der Waals surface area contributed by atoms with E-state index in [2.05, 4.69) is 5.32 Å². The number of ether oxygens (including phenoxy) is 2. The standard InChI is InChI=1S/C20H19F3N2O3/c21-20(22,23)13-5-11(10-24)6-14(8-13)25-19(26)16-9-15(16)12-1-2-17-18(7-12)28-4-3-27-17/h1-2,5-8,15-16H,3-4,9-10,24H2,(H,25,26). The van der Waals surface area contributed by atoms with E-state index in [9.17, 15) is 18.0 Å². The van der Waals surface area contributed by atoms with Gasteiger partial charge < -0.3 is 20.5 Å². The number of nitrogens with one attached hydrogen (secondary N) is 1. The Balaban J connectivity index is 1.47. The predicted molar refractivity (Wildman–Crippen MR) is 96.2 cm³/mol. The van der Waals surface area contributed by atoms with E-state index in [1.54, 1.807) is 0 Å². The van der Waals surface area contributed by atoms with Crippen molar-refractivity contribution in [2.45, 2.75) is 25.1 Å². The lowest BCUT2D eigenvalue weighted by atomic mass is 10.1. The Hall–Kier alpha value is -2.74. The van der Waals surface area contributed by atoms with Crippen LogP contribution in [-0.4, -0.2) is 19.1 Å². The maximum Gasteiger partial charge on any atom is 0.416 e. The molecule has 1 fully saturated rings. The van der Waals surface area contributed by atoms with E-state index in [0.717, 1.165) is 17.7 Å². The molecule has 1 saturated carbocycles. The van der Waals surface area contributed by atoms with Gasteiger partial charge in [-0.05, 0) is 53.8 Å². The van der Waals surface area contributed by atoms with Gasteiger partial charge in [0.2, 0.25) is 5.91 Å². The molecule has 2 aliphatic rings. The lowest BCUT2D eigenvalue weighted by Gasteiger charge is -2.18. The number of benzene rings is 2. The first-order chi connectivity index (χ1) is 13.3. The highest BCUT2D eigenvalue weighted by atomic mass is 19.4. The second-order valence-corrected chi connectivity index (χ2v) is 6.96. The van der Waals surface area contributed by atoms with E-state index < -0.39 is 11.7 Å². The molecule has 5 nitrogen and oxygen atoms in total. The van der Waals surface area contributed by atoms with Crippen LogP contribution < -0.4 is 20.5 Å². The zero-order valence-corrected chi connectivity index (χ0v) is 14.9. The van der Waals surface area contributed by atoms with Crippen molar-refractivity contribution in [1.29, 1.82) is 0 Å². The molecule has 0 aromatic heterocycles. The van der Waals surface area contributed by atoms with Gasteiger partial charge in [-0.15, -0.1) is 0 Å². The Morgan fingerprint density at radius 3 is 2.57 bits per heavy atom. The Bertz CT molecular complexity index is 914. The van der Waals surface area contributed by atoms with Crippen LogP contribution in [0.5, 0.6) is 11.5 Å². The van der Waals surface area contributed by atoms with Gasteiger partial charge in [-0.25, -0.2) is 0 Å². The lowest BCUT2D eigenvalue weighted by Crippen LogP contribution is -2.17. The molecule has 4 rings (SSSR count). The van der Waals surface area contributed by atoms with Crippen molar-refractivity contribution >= 4 is 11.6 Å². The highest BCUT2D eigenvalue weighted by Gasteiger charge is 2.44. The summed E-state index contributed by atoms with van der Waals surface area (Å²) >= 11 is 0. The first-order valence-electron chi connectivity index (χ1n) is 8.97. The summed E-state index contributed by atoms with van der Waals surface area (Å²) < 4.78 is 50.2. The number of fused-ring (bicyclic) bond motifs is 1. The summed E-state index contributed by atoms with van der Waals surface area (Å²) in [5.41, 5.74) is 6.03. The second-order valence-electron chi connectivity index (χ2n) is 6.96. The van der Waals surface area contributed by atoms with Gasteiger partial charge in [-0.3, -0.25) is 4.79 Å². The third-order valence-corrected chi connectivity index (χ3v) is 4.94. The Morgan fingerprint density at radius 2 is 1.86 bits per heavy atom. The van der Waals surface area contributed by atoms with Crippen LogP contribution >= 0.6 is 0 Å². The van der Waals surface area contributed by atoms with Gasteiger partial charge in [0.25, 0.3) is 0 Å². The van der Waals surface area contributed by atoms with Gasteiger partial charge in [0.1, 0.15) is 13.2 Å². The van der Waals surface area contributed by atoms with Crippen LogP contribution in [0, 0.1) is 5.92 Å². The smallest absolute Gasteiger partial charge is 0.416 e. The SMILES string of the molecule is NCc1cc(NC(=O)C2CC2c2ccc3c(c2)OCCO3)cc(C(F)(F)F)c1.